The fourth-order valence-electron chi connectivity index (χ4n) is 3.96. The van der Waals surface area contributed by atoms with Crippen molar-refractivity contribution >= 4 is 0 Å². The van der Waals surface area contributed by atoms with E-state index < -0.39 is 0 Å². The van der Waals surface area contributed by atoms with Crippen LogP contribution in [-0.2, 0) is 4.74 Å². The van der Waals surface area contributed by atoms with Crippen molar-refractivity contribution < 1.29 is 4.74 Å². The molecule has 0 spiro atoms. The summed E-state index contributed by atoms with van der Waals surface area (Å²) in [7, 11) is 0. The van der Waals surface area contributed by atoms with Crippen LogP contribution in [0.15, 0.2) is 0 Å². The Morgan fingerprint density at radius 2 is 2.00 bits per heavy atom. The number of rotatable bonds is 9. The molecule has 2 aliphatic heterocycles. The van der Waals surface area contributed by atoms with Gasteiger partial charge < -0.3 is 10.1 Å². The molecule has 2 saturated heterocycles. The van der Waals surface area contributed by atoms with Gasteiger partial charge in [0.2, 0.25) is 0 Å². The van der Waals surface area contributed by atoms with E-state index in [1.165, 1.54) is 64.5 Å². The molecule has 0 saturated carbocycles. The second-order valence-electron chi connectivity index (χ2n) is 7.42. The number of nitrogens with zero attached hydrogens (tertiary/aromatic N) is 1. The van der Waals surface area contributed by atoms with Crippen molar-refractivity contribution in [2.24, 2.45) is 0 Å². The Hall–Kier alpha value is -0.120. The molecule has 0 aromatic rings. The van der Waals surface area contributed by atoms with Crippen LogP contribution in [0, 0.1) is 0 Å². The number of hydrogen-bond donors (Lipinski definition) is 1. The summed E-state index contributed by atoms with van der Waals surface area (Å²) in [4.78, 5) is 2.70. The van der Waals surface area contributed by atoms with Gasteiger partial charge in [0.05, 0.1) is 6.10 Å². The second-order valence-corrected chi connectivity index (χ2v) is 7.42. The Bertz CT molecular complexity index is 281. The topological polar surface area (TPSA) is 24.5 Å². The minimum absolute atomic E-state index is 0.280. The van der Waals surface area contributed by atoms with E-state index in [0.29, 0.717) is 12.1 Å². The highest BCUT2D eigenvalue weighted by atomic mass is 16.5. The van der Waals surface area contributed by atoms with Crippen molar-refractivity contribution in [2.45, 2.75) is 89.8 Å². The standard InChI is InChI=1S/C18H36N2O/c1-4-12-19-17(11-7-9-16-10-8-15-21-16)18(2,3)20-13-5-6-14-20/h16-17,19H,4-15H2,1-3H3. The Morgan fingerprint density at radius 1 is 1.24 bits per heavy atom. The zero-order chi connectivity index (χ0) is 15.1. The van der Waals surface area contributed by atoms with E-state index in [9.17, 15) is 0 Å². The quantitative estimate of drug-likeness (QED) is 0.704. The number of ether oxygens (including phenoxy) is 1. The monoisotopic (exact) mass is 296 g/mol. The minimum atomic E-state index is 0.280. The van der Waals surface area contributed by atoms with Crippen molar-refractivity contribution in [3.8, 4) is 0 Å². The van der Waals surface area contributed by atoms with Gasteiger partial charge in [-0.3, -0.25) is 4.90 Å². The lowest BCUT2D eigenvalue weighted by Gasteiger charge is -2.43. The lowest BCUT2D eigenvalue weighted by atomic mass is 9.88. The zero-order valence-corrected chi connectivity index (χ0v) is 14.5. The summed E-state index contributed by atoms with van der Waals surface area (Å²) in [6.07, 6.45) is 10.9. The Balaban J connectivity index is 1.83. The van der Waals surface area contributed by atoms with Crippen LogP contribution < -0.4 is 5.32 Å². The SMILES string of the molecule is CCCNC(CCCC1CCCO1)C(C)(C)N1CCCC1. The van der Waals surface area contributed by atoms with Crippen molar-refractivity contribution in [2.75, 3.05) is 26.2 Å². The van der Waals surface area contributed by atoms with Crippen molar-refractivity contribution in [1.82, 2.24) is 10.2 Å². The van der Waals surface area contributed by atoms with Crippen molar-refractivity contribution in [1.29, 1.82) is 0 Å². The molecule has 2 unspecified atom stereocenters. The van der Waals surface area contributed by atoms with Crippen molar-refractivity contribution in [3.63, 3.8) is 0 Å². The molecule has 0 radical (unpaired) electrons. The largest absolute Gasteiger partial charge is 0.378 e. The smallest absolute Gasteiger partial charge is 0.0576 e. The van der Waals surface area contributed by atoms with Crippen LogP contribution in [0.4, 0.5) is 0 Å². The highest BCUT2D eigenvalue weighted by Crippen LogP contribution is 2.28. The van der Waals surface area contributed by atoms with Gasteiger partial charge in [-0.1, -0.05) is 6.92 Å². The molecule has 0 bridgehead atoms. The van der Waals surface area contributed by atoms with Crippen LogP contribution in [0.25, 0.3) is 0 Å². The van der Waals surface area contributed by atoms with Gasteiger partial charge in [-0.2, -0.15) is 0 Å². The fourth-order valence-corrected chi connectivity index (χ4v) is 3.96. The Kier molecular flexibility index (Phi) is 6.97. The molecule has 2 rings (SSSR count). The predicted molar refractivity (Wildman–Crippen MR) is 89.8 cm³/mol. The molecule has 0 amide bonds. The van der Waals surface area contributed by atoms with Crippen LogP contribution >= 0.6 is 0 Å². The maximum atomic E-state index is 5.77. The van der Waals surface area contributed by atoms with Gasteiger partial charge in [0, 0.05) is 18.2 Å². The average molecular weight is 296 g/mol. The highest BCUT2D eigenvalue weighted by Gasteiger charge is 2.36. The fraction of sp³-hybridized carbons (Fsp3) is 1.00. The minimum Gasteiger partial charge on any atom is -0.378 e. The summed E-state index contributed by atoms with van der Waals surface area (Å²) in [6, 6.07) is 0.608. The lowest BCUT2D eigenvalue weighted by Crippen LogP contribution is -2.57. The van der Waals surface area contributed by atoms with E-state index in [0.717, 1.165) is 13.2 Å². The summed E-state index contributed by atoms with van der Waals surface area (Å²) in [5.41, 5.74) is 0.280. The molecule has 21 heavy (non-hydrogen) atoms. The van der Waals surface area contributed by atoms with E-state index >= 15 is 0 Å². The van der Waals surface area contributed by atoms with E-state index in [1.807, 2.05) is 0 Å². The third kappa shape index (κ3) is 4.94. The Morgan fingerprint density at radius 3 is 2.62 bits per heavy atom. The molecule has 0 aromatic carbocycles. The maximum Gasteiger partial charge on any atom is 0.0576 e. The lowest BCUT2D eigenvalue weighted by molar-refractivity contribution is 0.0856. The summed E-state index contributed by atoms with van der Waals surface area (Å²) in [5, 5.41) is 3.83. The van der Waals surface area contributed by atoms with E-state index in [-0.39, 0.29) is 5.54 Å². The molecule has 2 fully saturated rings. The maximum absolute atomic E-state index is 5.77. The third-order valence-electron chi connectivity index (χ3n) is 5.46. The first kappa shape index (κ1) is 17.2. The molecule has 2 atom stereocenters. The first-order chi connectivity index (χ1) is 10.1. The summed E-state index contributed by atoms with van der Waals surface area (Å²) in [5.74, 6) is 0. The van der Waals surface area contributed by atoms with Crippen LogP contribution in [0.3, 0.4) is 0 Å². The molecular weight excluding hydrogens is 260 g/mol. The van der Waals surface area contributed by atoms with Crippen LogP contribution in [0.5, 0.6) is 0 Å². The molecule has 1 N–H and O–H groups in total. The number of nitrogens with one attached hydrogen (secondary N) is 1. The molecule has 3 nitrogen and oxygen atoms in total. The molecule has 0 aliphatic carbocycles. The van der Waals surface area contributed by atoms with Gasteiger partial charge in [0.25, 0.3) is 0 Å². The first-order valence-electron chi connectivity index (χ1n) is 9.24. The second kappa shape index (κ2) is 8.50. The highest BCUT2D eigenvalue weighted by molar-refractivity contribution is 4.95. The third-order valence-corrected chi connectivity index (χ3v) is 5.46. The molecule has 2 aliphatic rings. The Labute approximate surface area is 131 Å². The van der Waals surface area contributed by atoms with E-state index in [4.69, 9.17) is 4.74 Å². The molecule has 2 heterocycles. The van der Waals surface area contributed by atoms with Gasteiger partial charge in [-0.15, -0.1) is 0 Å². The molecule has 3 heteroatoms. The average Bonchev–Trinajstić information content (AvgIpc) is 3.14. The van der Waals surface area contributed by atoms with Gasteiger partial charge in [0.1, 0.15) is 0 Å². The van der Waals surface area contributed by atoms with E-state index in [2.05, 4.69) is 31.0 Å². The van der Waals surface area contributed by atoms with Gasteiger partial charge >= 0.3 is 0 Å². The molecular formula is C18H36N2O. The summed E-state index contributed by atoms with van der Waals surface area (Å²) in [6.45, 7) is 11.8. The normalized spacial score (nSPS) is 25.6. The van der Waals surface area contributed by atoms with E-state index in [1.54, 1.807) is 0 Å². The zero-order valence-electron chi connectivity index (χ0n) is 14.5. The van der Waals surface area contributed by atoms with Gasteiger partial charge in [0.15, 0.2) is 0 Å². The van der Waals surface area contributed by atoms with Crippen LogP contribution in [0.2, 0.25) is 0 Å². The van der Waals surface area contributed by atoms with Crippen LogP contribution in [0.1, 0.15) is 72.1 Å². The number of hydrogen-bond acceptors (Lipinski definition) is 3. The number of likely N-dealkylation sites (tertiary alicyclic amines) is 1. The summed E-state index contributed by atoms with van der Waals surface area (Å²) >= 11 is 0. The molecule has 0 aromatic heterocycles. The van der Waals surface area contributed by atoms with Crippen LogP contribution in [-0.4, -0.2) is 48.8 Å². The molecule has 124 valence electrons. The summed E-state index contributed by atoms with van der Waals surface area (Å²) < 4.78 is 5.77. The van der Waals surface area contributed by atoms with Gasteiger partial charge in [-0.05, 0) is 84.8 Å². The van der Waals surface area contributed by atoms with Gasteiger partial charge in [-0.25, -0.2) is 0 Å². The first-order valence-corrected chi connectivity index (χ1v) is 9.24. The predicted octanol–water partition coefficient (Wildman–Crippen LogP) is 3.58. The van der Waals surface area contributed by atoms with Crippen molar-refractivity contribution in [3.05, 3.63) is 0 Å².